The van der Waals surface area contributed by atoms with E-state index in [-0.39, 0.29) is 11.1 Å². The van der Waals surface area contributed by atoms with E-state index in [9.17, 15) is 4.79 Å². The van der Waals surface area contributed by atoms with Crippen molar-refractivity contribution in [3.8, 4) is 0 Å². The molecule has 0 bridgehead atoms. The molecule has 0 unspecified atom stereocenters. The highest BCUT2D eigenvalue weighted by Crippen LogP contribution is 2.16. The topological polar surface area (TPSA) is 66.9 Å². The highest BCUT2D eigenvalue weighted by atomic mass is 35.5. The lowest BCUT2D eigenvalue weighted by Gasteiger charge is -2.09. The number of aromatic nitrogens is 2. The van der Waals surface area contributed by atoms with Crippen LogP contribution < -0.4 is 10.6 Å². The summed E-state index contributed by atoms with van der Waals surface area (Å²) in [5.41, 5.74) is 2.33. The number of hydrogen-bond acceptors (Lipinski definition) is 4. The van der Waals surface area contributed by atoms with Crippen molar-refractivity contribution in [2.75, 3.05) is 17.2 Å². The maximum atomic E-state index is 12.3. The van der Waals surface area contributed by atoms with Gasteiger partial charge in [0.15, 0.2) is 0 Å². The van der Waals surface area contributed by atoms with Gasteiger partial charge < -0.3 is 10.6 Å². The number of hydrogen-bond donors (Lipinski definition) is 2. The van der Waals surface area contributed by atoms with E-state index in [0.29, 0.717) is 23.7 Å². The van der Waals surface area contributed by atoms with Crippen molar-refractivity contribution in [2.24, 2.45) is 0 Å². The summed E-state index contributed by atoms with van der Waals surface area (Å²) in [5, 5.41) is 6.08. The second kappa shape index (κ2) is 6.54. The molecule has 0 saturated heterocycles. The molecule has 1 amide bonds. The summed E-state index contributed by atoms with van der Waals surface area (Å²) in [5.74, 6) is 0.829. The predicted molar refractivity (Wildman–Crippen MR) is 85.1 cm³/mol. The zero-order valence-electron chi connectivity index (χ0n) is 12.2. The predicted octanol–water partition coefficient (Wildman–Crippen LogP) is 3.43. The second-order valence-electron chi connectivity index (χ2n) is 4.72. The van der Waals surface area contributed by atoms with Crippen LogP contribution in [0.2, 0.25) is 5.15 Å². The number of rotatable bonds is 4. The van der Waals surface area contributed by atoms with E-state index in [1.807, 2.05) is 32.9 Å². The molecular weight excluding hydrogens is 288 g/mol. The number of carbonyl (C=O) groups is 1. The van der Waals surface area contributed by atoms with Crippen molar-refractivity contribution in [3.05, 3.63) is 46.2 Å². The molecule has 2 N–H and O–H groups in total. The zero-order chi connectivity index (χ0) is 15.4. The lowest BCUT2D eigenvalue weighted by atomic mass is 10.2. The molecule has 0 radical (unpaired) electrons. The molecule has 2 rings (SSSR count). The van der Waals surface area contributed by atoms with E-state index >= 15 is 0 Å². The first kappa shape index (κ1) is 15.3. The molecular formula is C15H17ClN4O. The first-order valence-corrected chi connectivity index (χ1v) is 7.04. The van der Waals surface area contributed by atoms with Gasteiger partial charge in [0.05, 0.1) is 0 Å². The number of nitrogens with one attached hydrogen (secondary N) is 2. The van der Waals surface area contributed by atoms with Crippen LogP contribution in [-0.2, 0) is 0 Å². The molecule has 0 aliphatic rings. The Morgan fingerprint density at radius 2 is 1.90 bits per heavy atom. The van der Waals surface area contributed by atoms with Gasteiger partial charge in [0, 0.05) is 17.8 Å². The molecule has 0 saturated carbocycles. The molecule has 0 aliphatic heterocycles. The van der Waals surface area contributed by atoms with Crippen LogP contribution in [0.15, 0.2) is 24.3 Å². The van der Waals surface area contributed by atoms with Gasteiger partial charge in [0.2, 0.25) is 0 Å². The van der Waals surface area contributed by atoms with Crippen LogP contribution in [0.1, 0.15) is 28.5 Å². The first-order chi connectivity index (χ1) is 9.97. The minimum absolute atomic E-state index is 0.268. The normalized spacial score (nSPS) is 10.3. The summed E-state index contributed by atoms with van der Waals surface area (Å²) in [6, 6.07) is 6.95. The van der Waals surface area contributed by atoms with Crippen LogP contribution in [0.4, 0.5) is 11.6 Å². The van der Waals surface area contributed by atoms with E-state index in [2.05, 4.69) is 20.6 Å². The van der Waals surface area contributed by atoms with Gasteiger partial charge in [0.25, 0.3) is 5.91 Å². The summed E-state index contributed by atoms with van der Waals surface area (Å²) in [7, 11) is 0. The van der Waals surface area contributed by atoms with E-state index in [1.54, 1.807) is 6.07 Å². The zero-order valence-corrected chi connectivity index (χ0v) is 13.0. The Bertz CT molecular complexity index is 652. The molecule has 0 aliphatic carbocycles. The molecule has 2 aromatic heterocycles. The summed E-state index contributed by atoms with van der Waals surface area (Å²) < 4.78 is 0. The largest absolute Gasteiger partial charge is 0.370 e. The molecule has 6 heteroatoms. The Labute approximate surface area is 128 Å². The maximum absolute atomic E-state index is 12.3. The Morgan fingerprint density at radius 1 is 1.14 bits per heavy atom. The van der Waals surface area contributed by atoms with Crippen LogP contribution in [-0.4, -0.2) is 22.4 Å². The van der Waals surface area contributed by atoms with E-state index < -0.39 is 0 Å². The van der Waals surface area contributed by atoms with Gasteiger partial charge >= 0.3 is 0 Å². The summed E-state index contributed by atoms with van der Waals surface area (Å²) in [4.78, 5) is 20.7. The van der Waals surface area contributed by atoms with Crippen molar-refractivity contribution >= 4 is 29.1 Å². The monoisotopic (exact) mass is 304 g/mol. The van der Waals surface area contributed by atoms with Gasteiger partial charge in [-0.3, -0.25) is 4.79 Å². The Morgan fingerprint density at radius 3 is 2.57 bits per heavy atom. The second-order valence-corrected chi connectivity index (χ2v) is 5.11. The van der Waals surface area contributed by atoms with Crippen LogP contribution >= 0.6 is 11.6 Å². The van der Waals surface area contributed by atoms with Crippen LogP contribution in [0.25, 0.3) is 0 Å². The van der Waals surface area contributed by atoms with Crippen molar-refractivity contribution in [1.29, 1.82) is 0 Å². The fourth-order valence-electron chi connectivity index (χ4n) is 1.99. The Balaban J connectivity index is 2.23. The number of carbonyl (C=O) groups excluding carboxylic acids is 1. The van der Waals surface area contributed by atoms with Gasteiger partial charge in [-0.25, -0.2) is 9.97 Å². The van der Waals surface area contributed by atoms with E-state index in [1.165, 1.54) is 6.07 Å². The van der Waals surface area contributed by atoms with Gasteiger partial charge in [-0.1, -0.05) is 11.6 Å². The van der Waals surface area contributed by atoms with Gasteiger partial charge in [-0.2, -0.15) is 0 Å². The quantitative estimate of drug-likeness (QED) is 0.849. The molecule has 0 aromatic carbocycles. The molecule has 5 nitrogen and oxygen atoms in total. The van der Waals surface area contributed by atoms with Crippen molar-refractivity contribution in [2.45, 2.75) is 20.8 Å². The molecule has 0 fully saturated rings. The number of pyridine rings is 2. The van der Waals surface area contributed by atoms with Crippen molar-refractivity contribution in [1.82, 2.24) is 9.97 Å². The fraction of sp³-hybridized carbons (Fsp3) is 0.267. The van der Waals surface area contributed by atoms with E-state index in [0.717, 1.165) is 11.3 Å². The average Bonchev–Trinajstić information content (AvgIpc) is 2.37. The molecule has 2 heterocycles. The smallest absolute Gasteiger partial charge is 0.257 e. The van der Waals surface area contributed by atoms with Gasteiger partial charge in [-0.15, -0.1) is 0 Å². The molecule has 0 atom stereocenters. The number of aryl methyl sites for hydroxylation is 2. The molecule has 0 spiro atoms. The number of amides is 1. The summed E-state index contributed by atoms with van der Waals surface area (Å²) >= 11 is 5.94. The summed E-state index contributed by atoms with van der Waals surface area (Å²) in [6.45, 7) is 6.49. The highest BCUT2D eigenvalue weighted by Gasteiger charge is 2.10. The highest BCUT2D eigenvalue weighted by molar-refractivity contribution is 6.30. The Kier molecular flexibility index (Phi) is 4.75. The minimum Gasteiger partial charge on any atom is -0.370 e. The third-order valence-corrected chi connectivity index (χ3v) is 2.95. The van der Waals surface area contributed by atoms with Crippen molar-refractivity contribution < 1.29 is 4.79 Å². The SMILES string of the molecule is CCNc1cc(C(=O)Nc2cc(C)cc(C)n2)cc(Cl)n1. The van der Waals surface area contributed by atoms with Crippen molar-refractivity contribution in [3.63, 3.8) is 0 Å². The standard InChI is InChI=1S/C15H17ClN4O/c1-4-17-13-8-11(7-12(16)19-13)15(21)20-14-6-9(2)5-10(3)18-14/h5-8H,4H2,1-3H3,(H,17,19)(H,18,20,21). The molecule has 110 valence electrons. The number of halogens is 1. The third kappa shape index (κ3) is 4.16. The lowest BCUT2D eigenvalue weighted by molar-refractivity contribution is 0.102. The number of nitrogens with zero attached hydrogens (tertiary/aromatic N) is 2. The fourth-order valence-corrected chi connectivity index (χ4v) is 2.20. The Hall–Kier alpha value is -2.14. The first-order valence-electron chi connectivity index (χ1n) is 6.66. The van der Waals surface area contributed by atoms with Crippen LogP contribution in [0.3, 0.4) is 0 Å². The average molecular weight is 305 g/mol. The molecule has 21 heavy (non-hydrogen) atoms. The minimum atomic E-state index is -0.268. The van der Waals surface area contributed by atoms with Crippen LogP contribution in [0.5, 0.6) is 0 Å². The van der Waals surface area contributed by atoms with Gasteiger partial charge in [-0.05, 0) is 50.6 Å². The molecule has 2 aromatic rings. The number of anilines is 2. The lowest BCUT2D eigenvalue weighted by Crippen LogP contribution is -2.14. The maximum Gasteiger partial charge on any atom is 0.257 e. The van der Waals surface area contributed by atoms with Gasteiger partial charge in [0.1, 0.15) is 16.8 Å². The third-order valence-electron chi connectivity index (χ3n) is 2.75. The summed E-state index contributed by atoms with van der Waals surface area (Å²) in [6.07, 6.45) is 0. The van der Waals surface area contributed by atoms with Crippen LogP contribution in [0, 0.1) is 13.8 Å². The van der Waals surface area contributed by atoms with E-state index in [4.69, 9.17) is 11.6 Å².